The molecule has 0 bridgehead atoms. The van der Waals surface area contributed by atoms with Gasteiger partial charge in [-0.15, -0.1) is 0 Å². The van der Waals surface area contributed by atoms with Crippen LogP contribution in [-0.2, 0) is 20.8 Å². The average Bonchev–Trinajstić information content (AvgIpc) is 2.77. The first-order valence-electron chi connectivity index (χ1n) is 6.63. The Hall–Kier alpha value is -2.90. The molecule has 0 aliphatic carbocycles. The molecule has 2 rings (SSSR count). The largest absolute Gasteiger partial charge is 0.480 e. The first-order chi connectivity index (χ1) is 10.5. The van der Waals surface area contributed by atoms with Crippen LogP contribution in [0.15, 0.2) is 30.3 Å². The van der Waals surface area contributed by atoms with Gasteiger partial charge >= 0.3 is 12.0 Å². The summed E-state index contributed by atoms with van der Waals surface area (Å²) >= 11 is 0. The standard InChI is InChI=1S/C14H15N3O5/c18-11(7-9-12(19)17-14(22)16-9)15-10(13(20)21)6-8-4-2-1-3-5-8/h1-5,9-10H,6-7H2,(H,15,18)(H,20,21)(H2,16,17,19,22)/t9-,10+/m0/s1. The van der Waals surface area contributed by atoms with Crippen LogP contribution in [0.25, 0.3) is 0 Å². The molecule has 22 heavy (non-hydrogen) atoms. The second-order valence-corrected chi connectivity index (χ2v) is 4.87. The monoisotopic (exact) mass is 305 g/mol. The Bertz CT molecular complexity index is 602. The fraction of sp³-hybridized carbons (Fsp3) is 0.286. The van der Waals surface area contributed by atoms with E-state index in [1.54, 1.807) is 30.3 Å². The molecule has 2 atom stereocenters. The summed E-state index contributed by atoms with van der Waals surface area (Å²) in [6.45, 7) is 0. The van der Waals surface area contributed by atoms with Crippen LogP contribution in [0.3, 0.4) is 0 Å². The maximum Gasteiger partial charge on any atom is 0.326 e. The third-order valence-corrected chi connectivity index (χ3v) is 3.16. The van der Waals surface area contributed by atoms with Gasteiger partial charge < -0.3 is 15.7 Å². The Kier molecular flexibility index (Phi) is 4.72. The number of amides is 4. The minimum absolute atomic E-state index is 0.130. The summed E-state index contributed by atoms with van der Waals surface area (Å²) in [7, 11) is 0. The summed E-state index contributed by atoms with van der Waals surface area (Å²) in [6.07, 6.45) is -0.179. The molecule has 0 unspecified atom stereocenters. The summed E-state index contributed by atoms with van der Waals surface area (Å²) in [4.78, 5) is 45.4. The van der Waals surface area contributed by atoms with Crippen LogP contribution in [0, 0.1) is 0 Å². The van der Waals surface area contributed by atoms with E-state index in [1.807, 2.05) is 5.32 Å². The third kappa shape index (κ3) is 4.05. The van der Waals surface area contributed by atoms with E-state index in [1.165, 1.54) is 0 Å². The second kappa shape index (κ2) is 6.70. The summed E-state index contributed by atoms with van der Waals surface area (Å²) in [5.74, 6) is -2.39. The number of imide groups is 1. The lowest BCUT2D eigenvalue weighted by molar-refractivity contribution is -0.141. The number of carbonyl (C=O) groups is 4. The molecule has 4 N–H and O–H groups in total. The van der Waals surface area contributed by atoms with Gasteiger partial charge in [0.1, 0.15) is 12.1 Å². The molecular formula is C14H15N3O5. The zero-order chi connectivity index (χ0) is 16.1. The predicted molar refractivity (Wildman–Crippen MR) is 74.8 cm³/mol. The molecule has 1 fully saturated rings. The summed E-state index contributed by atoms with van der Waals surface area (Å²) in [5, 5.41) is 15.8. The molecule has 0 saturated carbocycles. The highest BCUT2D eigenvalue weighted by molar-refractivity contribution is 6.05. The van der Waals surface area contributed by atoms with Crippen LogP contribution in [0.4, 0.5) is 4.79 Å². The van der Waals surface area contributed by atoms with Gasteiger partial charge in [-0.25, -0.2) is 9.59 Å². The molecule has 0 aromatic heterocycles. The Morgan fingerprint density at radius 3 is 2.45 bits per heavy atom. The molecule has 0 spiro atoms. The molecule has 116 valence electrons. The van der Waals surface area contributed by atoms with E-state index in [0.29, 0.717) is 0 Å². The Balaban J connectivity index is 1.93. The van der Waals surface area contributed by atoms with Gasteiger partial charge in [0, 0.05) is 6.42 Å². The Morgan fingerprint density at radius 2 is 1.91 bits per heavy atom. The fourth-order valence-electron chi connectivity index (χ4n) is 2.09. The highest BCUT2D eigenvalue weighted by atomic mass is 16.4. The lowest BCUT2D eigenvalue weighted by atomic mass is 10.1. The third-order valence-electron chi connectivity index (χ3n) is 3.16. The molecule has 1 aromatic rings. The molecular weight excluding hydrogens is 290 g/mol. The van der Waals surface area contributed by atoms with Gasteiger partial charge in [0.15, 0.2) is 0 Å². The van der Waals surface area contributed by atoms with E-state index in [-0.39, 0.29) is 12.8 Å². The van der Waals surface area contributed by atoms with E-state index in [4.69, 9.17) is 0 Å². The quantitative estimate of drug-likeness (QED) is 0.522. The van der Waals surface area contributed by atoms with Gasteiger partial charge in [0.25, 0.3) is 5.91 Å². The van der Waals surface area contributed by atoms with E-state index in [9.17, 15) is 24.3 Å². The molecule has 1 aliphatic heterocycles. The summed E-state index contributed by atoms with van der Waals surface area (Å²) in [5.41, 5.74) is 0.766. The molecule has 1 saturated heterocycles. The molecule has 4 amide bonds. The first kappa shape index (κ1) is 15.5. The maximum absolute atomic E-state index is 11.9. The zero-order valence-electron chi connectivity index (χ0n) is 11.5. The van der Waals surface area contributed by atoms with Gasteiger partial charge in [-0.2, -0.15) is 0 Å². The lowest BCUT2D eigenvalue weighted by Crippen LogP contribution is -2.45. The van der Waals surface area contributed by atoms with Crippen molar-refractivity contribution in [1.82, 2.24) is 16.0 Å². The van der Waals surface area contributed by atoms with Crippen molar-refractivity contribution in [3.63, 3.8) is 0 Å². The molecule has 0 radical (unpaired) electrons. The van der Waals surface area contributed by atoms with Crippen molar-refractivity contribution in [3.05, 3.63) is 35.9 Å². The number of hydrogen-bond donors (Lipinski definition) is 4. The Morgan fingerprint density at radius 1 is 1.23 bits per heavy atom. The van der Waals surface area contributed by atoms with Crippen molar-refractivity contribution in [2.75, 3.05) is 0 Å². The first-order valence-corrected chi connectivity index (χ1v) is 6.63. The normalized spacial score (nSPS) is 18.3. The lowest BCUT2D eigenvalue weighted by Gasteiger charge is -2.15. The van der Waals surface area contributed by atoms with Crippen LogP contribution in [0.2, 0.25) is 0 Å². The summed E-state index contributed by atoms with van der Waals surface area (Å²) < 4.78 is 0. The highest BCUT2D eigenvalue weighted by Crippen LogP contribution is 2.05. The number of carboxylic acid groups (broad SMARTS) is 1. The van der Waals surface area contributed by atoms with Gasteiger partial charge in [-0.1, -0.05) is 30.3 Å². The average molecular weight is 305 g/mol. The minimum atomic E-state index is -1.17. The zero-order valence-corrected chi connectivity index (χ0v) is 11.5. The topological polar surface area (TPSA) is 125 Å². The number of carboxylic acids is 1. The van der Waals surface area contributed by atoms with E-state index >= 15 is 0 Å². The predicted octanol–water partition coefficient (Wildman–Crippen LogP) is -0.603. The van der Waals surface area contributed by atoms with Crippen molar-refractivity contribution in [3.8, 4) is 0 Å². The molecule has 8 nitrogen and oxygen atoms in total. The van der Waals surface area contributed by atoms with Gasteiger partial charge in [0.2, 0.25) is 5.91 Å². The van der Waals surface area contributed by atoms with Crippen LogP contribution in [0.1, 0.15) is 12.0 Å². The van der Waals surface area contributed by atoms with Crippen molar-refractivity contribution in [2.24, 2.45) is 0 Å². The number of urea groups is 1. The van der Waals surface area contributed by atoms with Crippen LogP contribution in [-0.4, -0.2) is 41.0 Å². The van der Waals surface area contributed by atoms with Crippen LogP contribution < -0.4 is 16.0 Å². The number of rotatable bonds is 6. The van der Waals surface area contributed by atoms with E-state index in [2.05, 4.69) is 10.6 Å². The van der Waals surface area contributed by atoms with E-state index in [0.717, 1.165) is 5.56 Å². The maximum atomic E-state index is 11.9. The summed E-state index contributed by atoms with van der Waals surface area (Å²) in [6, 6.07) is 6.12. The van der Waals surface area contributed by atoms with E-state index < -0.39 is 35.9 Å². The number of carbonyl (C=O) groups excluding carboxylic acids is 3. The Labute approximate surface area is 125 Å². The van der Waals surface area contributed by atoms with Gasteiger partial charge in [0.05, 0.1) is 6.42 Å². The number of hydrogen-bond acceptors (Lipinski definition) is 4. The van der Waals surface area contributed by atoms with Gasteiger partial charge in [-0.3, -0.25) is 14.9 Å². The van der Waals surface area contributed by atoms with Crippen molar-refractivity contribution in [2.45, 2.75) is 24.9 Å². The van der Waals surface area contributed by atoms with Crippen LogP contribution >= 0.6 is 0 Å². The van der Waals surface area contributed by atoms with Crippen molar-refractivity contribution >= 4 is 23.8 Å². The van der Waals surface area contributed by atoms with Crippen molar-refractivity contribution < 1.29 is 24.3 Å². The minimum Gasteiger partial charge on any atom is -0.480 e. The van der Waals surface area contributed by atoms with Gasteiger partial charge in [-0.05, 0) is 5.56 Å². The fourth-order valence-corrected chi connectivity index (χ4v) is 2.09. The molecule has 1 heterocycles. The number of benzene rings is 1. The molecule has 1 aromatic carbocycles. The molecule has 8 heteroatoms. The second-order valence-electron chi connectivity index (χ2n) is 4.87. The smallest absolute Gasteiger partial charge is 0.326 e. The van der Waals surface area contributed by atoms with Crippen molar-refractivity contribution in [1.29, 1.82) is 0 Å². The number of nitrogens with one attached hydrogen (secondary N) is 3. The van der Waals surface area contributed by atoms with Crippen LogP contribution in [0.5, 0.6) is 0 Å². The molecule has 1 aliphatic rings. The SMILES string of the molecule is O=C(C[C@@H]1NC(=O)NC1=O)N[C@H](Cc1ccccc1)C(=O)O. The highest BCUT2D eigenvalue weighted by Gasteiger charge is 2.32. The number of aliphatic carboxylic acids is 1.